The highest BCUT2D eigenvalue weighted by atomic mass is 32.2. The molecule has 0 aliphatic rings. The molecule has 0 saturated carbocycles. The van der Waals surface area contributed by atoms with Crippen LogP contribution in [0.2, 0.25) is 0 Å². The van der Waals surface area contributed by atoms with Gasteiger partial charge in [-0.1, -0.05) is 29.8 Å². The minimum atomic E-state index is -2.98. The fourth-order valence-electron chi connectivity index (χ4n) is 1.71. The van der Waals surface area contributed by atoms with Crippen LogP contribution in [0.4, 0.5) is 0 Å². The summed E-state index contributed by atoms with van der Waals surface area (Å²) in [5.74, 6) is 0.0544. The van der Waals surface area contributed by atoms with E-state index in [-0.39, 0.29) is 5.75 Å². The van der Waals surface area contributed by atoms with E-state index in [0.717, 1.165) is 17.0 Å². The van der Waals surface area contributed by atoms with Crippen molar-refractivity contribution < 1.29 is 8.42 Å². The minimum absolute atomic E-state index is 0.0544. The zero-order valence-corrected chi connectivity index (χ0v) is 10.7. The monoisotopic (exact) mass is 249 g/mol. The number of hydrogen-bond acceptors (Lipinski definition) is 2. The topological polar surface area (TPSA) is 49.9 Å². The molecule has 17 heavy (non-hydrogen) atoms. The lowest BCUT2D eigenvalue weighted by Gasteiger charge is -1.99. The van der Waals surface area contributed by atoms with Gasteiger partial charge in [0.25, 0.3) is 0 Å². The van der Waals surface area contributed by atoms with E-state index in [9.17, 15) is 8.42 Å². The lowest BCUT2D eigenvalue weighted by Crippen LogP contribution is -2.00. The van der Waals surface area contributed by atoms with Crippen LogP contribution in [0.5, 0.6) is 0 Å². The number of hydrogen-bond donors (Lipinski definition) is 1. The Balaban J connectivity index is 2.27. The van der Waals surface area contributed by atoms with Crippen molar-refractivity contribution in [2.75, 3.05) is 6.26 Å². The summed E-state index contributed by atoms with van der Waals surface area (Å²) in [5, 5.41) is 0. The first-order chi connectivity index (χ1) is 7.94. The molecule has 3 nitrogen and oxygen atoms in total. The van der Waals surface area contributed by atoms with E-state index >= 15 is 0 Å². The second-order valence-corrected chi connectivity index (χ2v) is 6.47. The Morgan fingerprint density at radius 1 is 1.06 bits per heavy atom. The number of aromatic amines is 1. The van der Waals surface area contributed by atoms with Crippen LogP contribution in [0.3, 0.4) is 0 Å². The van der Waals surface area contributed by atoms with Crippen LogP contribution >= 0.6 is 0 Å². The molecule has 0 amide bonds. The molecule has 1 aromatic carbocycles. The third-order valence-corrected chi connectivity index (χ3v) is 3.36. The Hall–Kier alpha value is -1.55. The average Bonchev–Trinajstić information content (AvgIpc) is 2.64. The van der Waals surface area contributed by atoms with E-state index in [4.69, 9.17) is 0 Å². The van der Waals surface area contributed by atoms with Crippen molar-refractivity contribution in [3.05, 3.63) is 47.7 Å². The second kappa shape index (κ2) is 4.37. The molecule has 1 aromatic heterocycles. The fraction of sp³-hybridized carbons (Fsp3) is 0.231. The molecule has 2 rings (SSSR count). The van der Waals surface area contributed by atoms with Gasteiger partial charge >= 0.3 is 0 Å². The van der Waals surface area contributed by atoms with Crippen molar-refractivity contribution in [3.63, 3.8) is 0 Å². The number of aryl methyl sites for hydroxylation is 1. The van der Waals surface area contributed by atoms with Crippen LogP contribution in [0, 0.1) is 6.92 Å². The van der Waals surface area contributed by atoms with Gasteiger partial charge < -0.3 is 4.98 Å². The largest absolute Gasteiger partial charge is 0.358 e. The predicted molar refractivity (Wildman–Crippen MR) is 69.5 cm³/mol. The van der Waals surface area contributed by atoms with Crippen LogP contribution in [0.1, 0.15) is 11.3 Å². The van der Waals surface area contributed by atoms with Gasteiger partial charge in [-0.25, -0.2) is 8.42 Å². The summed E-state index contributed by atoms with van der Waals surface area (Å²) in [4.78, 5) is 3.13. The van der Waals surface area contributed by atoms with Crippen molar-refractivity contribution in [2.45, 2.75) is 12.7 Å². The van der Waals surface area contributed by atoms with Crippen molar-refractivity contribution >= 4 is 9.84 Å². The Morgan fingerprint density at radius 3 is 2.29 bits per heavy atom. The van der Waals surface area contributed by atoms with Crippen LogP contribution < -0.4 is 0 Å². The van der Waals surface area contributed by atoms with Crippen LogP contribution in [-0.2, 0) is 15.6 Å². The molecule has 90 valence electrons. The van der Waals surface area contributed by atoms with Gasteiger partial charge in [-0.05, 0) is 24.6 Å². The lowest BCUT2D eigenvalue weighted by atomic mass is 10.1. The number of H-pyrrole nitrogens is 1. The third-order valence-electron chi connectivity index (χ3n) is 2.53. The molecule has 0 atom stereocenters. The zero-order valence-electron chi connectivity index (χ0n) is 9.90. The highest BCUT2D eigenvalue weighted by Crippen LogP contribution is 2.19. The van der Waals surface area contributed by atoms with Gasteiger partial charge in [0.05, 0.1) is 5.75 Å². The van der Waals surface area contributed by atoms with E-state index in [1.54, 1.807) is 0 Å². The van der Waals surface area contributed by atoms with Crippen molar-refractivity contribution in [3.8, 4) is 11.3 Å². The van der Waals surface area contributed by atoms with E-state index in [1.165, 1.54) is 11.8 Å². The SMILES string of the molecule is Cc1ccc(-c2ccc(CS(C)(=O)=O)[nH]2)cc1. The number of benzene rings is 1. The fourth-order valence-corrected chi connectivity index (χ4v) is 2.44. The number of sulfone groups is 1. The standard InChI is InChI=1S/C13H15NO2S/c1-10-3-5-11(6-4-10)13-8-7-12(14-13)9-17(2,15)16/h3-8,14H,9H2,1-2H3. The number of aromatic nitrogens is 1. The van der Waals surface area contributed by atoms with Crippen LogP contribution in [0.25, 0.3) is 11.3 Å². The maximum Gasteiger partial charge on any atom is 0.153 e. The summed E-state index contributed by atoms with van der Waals surface area (Å²) in [7, 11) is -2.98. The summed E-state index contributed by atoms with van der Waals surface area (Å²) in [5.41, 5.74) is 3.94. The average molecular weight is 249 g/mol. The normalized spacial score (nSPS) is 11.6. The molecular formula is C13H15NO2S. The maximum atomic E-state index is 11.2. The van der Waals surface area contributed by atoms with Crippen LogP contribution in [0.15, 0.2) is 36.4 Å². The third kappa shape index (κ3) is 3.20. The quantitative estimate of drug-likeness (QED) is 0.908. The van der Waals surface area contributed by atoms with Gasteiger partial charge in [-0.2, -0.15) is 0 Å². The molecule has 2 aromatic rings. The van der Waals surface area contributed by atoms with Crippen molar-refractivity contribution in [1.82, 2.24) is 4.98 Å². The van der Waals surface area contributed by atoms with Gasteiger partial charge in [0.15, 0.2) is 9.84 Å². The van der Waals surface area contributed by atoms with E-state index in [0.29, 0.717) is 0 Å². The molecule has 0 unspecified atom stereocenters. The summed E-state index contributed by atoms with van der Waals surface area (Å²) in [6, 6.07) is 11.8. The van der Waals surface area contributed by atoms with Crippen LogP contribution in [-0.4, -0.2) is 19.7 Å². The molecule has 0 aliphatic carbocycles. The maximum absolute atomic E-state index is 11.2. The second-order valence-electron chi connectivity index (χ2n) is 4.33. The van der Waals surface area contributed by atoms with E-state index < -0.39 is 9.84 Å². The Labute approximate surface area is 101 Å². The van der Waals surface area contributed by atoms with Crippen molar-refractivity contribution in [1.29, 1.82) is 0 Å². The Morgan fingerprint density at radius 2 is 1.71 bits per heavy atom. The molecular weight excluding hydrogens is 234 g/mol. The molecule has 0 aliphatic heterocycles. The smallest absolute Gasteiger partial charge is 0.153 e. The van der Waals surface area contributed by atoms with E-state index in [1.807, 2.05) is 43.3 Å². The Bertz CT molecular complexity index is 609. The summed E-state index contributed by atoms with van der Waals surface area (Å²) >= 11 is 0. The number of rotatable bonds is 3. The molecule has 0 radical (unpaired) electrons. The first kappa shape index (κ1) is 11.9. The number of nitrogens with one attached hydrogen (secondary N) is 1. The lowest BCUT2D eigenvalue weighted by molar-refractivity contribution is 0.600. The molecule has 4 heteroatoms. The molecule has 1 N–H and O–H groups in total. The van der Waals surface area contributed by atoms with Gasteiger partial charge in [0.1, 0.15) is 0 Å². The van der Waals surface area contributed by atoms with Crippen molar-refractivity contribution in [2.24, 2.45) is 0 Å². The summed E-state index contributed by atoms with van der Waals surface area (Å²) < 4.78 is 22.3. The summed E-state index contributed by atoms with van der Waals surface area (Å²) in [6.45, 7) is 2.04. The van der Waals surface area contributed by atoms with Gasteiger partial charge in [-0.15, -0.1) is 0 Å². The van der Waals surface area contributed by atoms with Gasteiger partial charge in [-0.3, -0.25) is 0 Å². The first-order valence-electron chi connectivity index (χ1n) is 5.37. The molecule has 0 saturated heterocycles. The highest BCUT2D eigenvalue weighted by molar-refractivity contribution is 7.89. The zero-order chi connectivity index (χ0) is 12.5. The molecule has 0 fully saturated rings. The van der Waals surface area contributed by atoms with Gasteiger partial charge in [0, 0.05) is 17.6 Å². The van der Waals surface area contributed by atoms with Gasteiger partial charge in [0.2, 0.25) is 0 Å². The molecule has 0 spiro atoms. The Kier molecular flexibility index (Phi) is 3.07. The summed E-state index contributed by atoms with van der Waals surface area (Å²) in [6.07, 6.45) is 1.24. The first-order valence-corrected chi connectivity index (χ1v) is 7.43. The highest BCUT2D eigenvalue weighted by Gasteiger charge is 2.07. The molecule has 0 bridgehead atoms. The minimum Gasteiger partial charge on any atom is -0.358 e. The van der Waals surface area contributed by atoms with E-state index in [2.05, 4.69) is 4.98 Å². The molecule has 1 heterocycles. The predicted octanol–water partition coefficient (Wildman–Crippen LogP) is 2.53.